The third-order valence-corrected chi connectivity index (χ3v) is 4.13. The molecule has 0 radical (unpaired) electrons. The van der Waals surface area contributed by atoms with Crippen molar-refractivity contribution in [2.75, 3.05) is 0 Å². The summed E-state index contributed by atoms with van der Waals surface area (Å²) in [6.45, 7) is 1.95. The van der Waals surface area contributed by atoms with Gasteiger partial charge in [-0.25, -0.2) is 9.37 Å². The van der Waals surface area contributed by atoms with Crippen LogP contribution in [0.15, 0.2) is 28.1 Å². The number of hydrogen-bond acceptors (Lipinski definition) is 3. The molecule has 0 aliphatic rings. The second-order valence-corrected chi connectivity index (χ2v) is 5.66. The first-order valence-corrected chi connectivity index (χ1v) is 6.85. The summed E-state index contributed by atoms with van der Waals surface area (Å²) in [5, 5.41) is 2.97. The van der Waals surface area contributed by atoms with Crippen LogP contribution in [0.4, 0.5) is 4.39 Å². The van der Waals surface area contributed by atoms with Crippen LogP contribution in [0.3, 0.4) is 0 Å². The van der Waals surface area contributed by atoms with Crippen molar-refractivity contribution in [3.63, 3.8) is 0 Å². The van der Waals surface area contributed by atoms with E-state index >= 15 is 0 Å². The van der Waals surface area contributed by atoms with Gasteiger partial charge in [0, 0.05) is 28.0 Å². The number of thiazole rings is 1. The molecule has 1 atom stereocenters. The Kier molecular flexibility index (Phi) is 3.91. The summed E-state index contributed by atoms with van der Waals surface area (Å²) in [6.07, 6.45) is 0.626. The standard InChI is InChI=1S/C12H12BrFN2S/c1-7-6-17-12(16-7)5-11(15)9-4-8(14)2-3-10(9)13/h2-4,6,11H,5,15H2,1H3. The minimum atomic E-state index is -0.269. The molecule has 5 heteroatoms. The van der Waals surface area contributed by atoms with Crippen LogP contribution in [0.1, 0.15) is 22.3 Å². The molecule has 17 heavy (non-hydrogen) atoms. The minimum absolute atomic E-state index is 0.245. The highest BCUT2D eigenvalue weighted by Crippen LogP contribution is 2.26. The average molecular weight is 315 g/mol. The van der Waals surface area contributed by atoms with Crippen molar-refractivity contribution in [1.82, 2.24) is 4.98 Å². The van der Waals surface area contributed by atoms with Crippen molar-refractivity contribution in [2.45, 2.75) is 19.4 Å². The van der Waals surface area contributed by atoms with E-state index in [1.54, 1.807) is 17.4 Å². The third kappa shape index (κ3) is 3.12. The van der Waals surface area contributed by atoms with Crippen LogP contribution in [-0.4, -0.2) is 4.98 Å². The average Bonchev–Trinajstić information content (AvgIpc) is 2.67. The summed E-state index contributed by atoms with van der Waals surface area (Å²) in [7, 11) is 0. The van der Waals surface area contributed by atoms with Gasteiger partial charge in [0.15, 0.2) is 0 Å². The van der Waals surface area contributed by atoms with Crippen molar-refractivity contribution in [3.8, 4) is 0 Å². The molecule has 2 aromatic rings. The molecular formula is C12H12BrFN2S. The maximum Gasteiger partial charge on any atom is 0.123 e. The quantitative estimate of drug-likeness (QED) is 0.940. The first-order valence-electron chi connectivity index (χ1n) is 5.18. The van der Waals surface area contributed by atoms with Crippen molar-refractivity contribution in [1.29, 1.82) is 0 Å². The molecular weight excluding hydrogens is 303 g/mol. The number of aromatic nitrogens is 1. The number of nitrogens with two attached hydrogens (primary N) is 1. The maximum atomic E-state index is 13.2. The normalized spacial score (nSPS) is 12.7. The molecule has 1 unspecified atom stereocenters. The van der Waals surface area contributed by atoms with Crippen LogP contribution >= 0.6 is 27.3 Å². The predicted octanol–water partition coefficient (Wildman–Crippen LogP) is 3.60. The van der Waals surface area contributed by atoms with Crippen molar-refractivity contribution in [3.05, 3.63) is 50.1 Å². The first-order chi connectivity index (χ1) is 8.06. The molecule has 90 valence electrons. The molecule has 0 bridgehead atoms. The highest BCUT2D eigenvalue weighted by Gasteiger charge is 2.13. The lowest BCUT2D eigenvalue weighted by Gasteiger charge is -2.12. The van der Waals surface area contributed by atoms with Crippen LogP contribution in [0.5, 0.6) is 0 Å². The number of nitrogens with zero attached hydrogens (tertiary/aromatic N) is 1. The molecule has 0 fully saturated rings. The van der Waals surface area contributed by atoms with Crippen molar-refractivity contribution >= 4 is 27.3 Å². The van der Waals surface area contributed by atoms with Gasteiger partial charge >= 0.3 is 0 Å². The topological polar surface area (TPSA) is 38.9 Å². The predicted molar refractivity (Wildman–Crippen MR) is 71.6 cm³/mol. The fourth-order valence-corrected chi connectivity index (χ4v) is 2.97. The van der Waals surface area contributed by atoms with Gasteiger partial charge in [0.05, 0.1) is 5.01 Å². The maximum absolute atomic E-state index is 13.2. The highest BCUT2D eigenvalue weighted by molar-refractivity contribution is 9.10. The Morgan fingerprint density at radius 3 is 2.94 bits per heavy atom. The molecule has 0 aliphatic heterocycles. The SMILES string of the molecule is Cc1csc(CC(N)c2cc(F)ccc2Br)n1. The number of halogens is 2. The second kappa shape index (κ2) is 5.25. The van der Waals surface area contributed by atoms with E-state index in [9.17, 15) is 4.39 Å². The van der Waals surface area contributed by atoms with Crippen molar-refractivity contribution < 1.29 is 4.39 Å². The Morgan fingerprint density at radius 2 is 2.29 bits per heavy atom. The zero-order valence-electron chi connectivity index (χ0n) is 9.28. The van der Waals surface area contributed by atoms with Crippen LogP contribution in [0.25, 0.3) is 0 Å². The van der Waals surface area contributed by atoms with Gasteiger partial charge in [-0.3, -0.25) is 0 Å². The summed E-state index contributed by atoms with van der Waals surface area (Å²) in [5.74, 6) is -0.269. The second-order valence-electron chi connectivity index (χ2n) is 3.86. The van der Waals surface area contributed by atoms with Crippen LogP contribution < -0.4 is 5.73 Å². The third-order valence-electron chi connectivity index (χ3n) is 2.42. The summed E-state index contributed by atoms with van der Waals surface area (Å²) in [6, 6.07) is 4.31. The smallest absolute Gasteiger partial charge is 0.123 e. The number of rotatable bonds is 3. The summed E-state index contributed by atoms with van der Waals surface area (Å²) in [4.78, 5) is 4.36. The van der Waals surface area contributed by atoms with Crippen LogP contribution in [0.2, 0.25) is 0 Å². The molecule has 2 N–H and O–H groups in total. The zero-order chi connectivity index (χ0) is 12.4. The summed E-state index contributed by atoms with van der Waals surface area (Å²) in [5.41, 5.74) is 7.85. The van der Waals surface area contributed by atoms with Gasteiger partial charge in [-0.2, -0.15) is 0 Å². The van der Waals surface area contributed by atoms with E-state index in [1.807, 2.05) is 12.3 Å². The molecule has 2 rings (SSSR count). The largest absolute Gasteiger partial charge is 0.324 e. The van der Waals surface area contributed by atoms with Gasteiger partial charge in [0.25, 0.3) is 0 Å². The lowest BCUT2D eigenvalue weighted by Crippen LogP contribution is -2.14. The monoisotopic (exact) mass is 314 g/mol. The molecule has 0 saturated heterocycles. The van der Waals surface area contributed by atoms with E-state index in [1.165, 1.54) is 12.1 Å². The molecule has 0 saturated carbocycles. The molecule has 1 heterocycles. The summed E-state index contributed by atoms with van der Waals surface area (Å²) < 4.78 is 14.0. The van der Waals surface area contributed by atoms with Gasteiger partial charge in [-0.1, -0.05) is 15.9 Å². The van der Waals surface area contributed by atoms with E-state index in [0.717, 1.165) is 20.7 Å². The Balaban J connectivity index is 2.19. The first kappa shape index (κ1) is 12.7. The fourth-order valence-electron chi connectivity index (χ4n) is 1.59. The summed E-state index contributed by atoms with van der Waals surface area (Å²) >= 11 is 4.97. The Labute approximate surface area is 112 Å². The lowest BCUT2D eigenvalue weighted by atomic mass is 10.1. The Hall–Kier alpha value is -0.780. The van der Waals surface area contributed by atoms with E-state index in [-0.39, 0.29) is 11.9 Å². The molecule has 0 aliphatic carbocycles. The molecule has 0 spiro atoms. The van der Waals surface area contributed by atoms with Gasteiger partial charge < -0.3 is 5.73 Å². The molecule has 1 aromatic carbocycles. The van der Waals surface area contributed by atoms with E-state index in [2.05, 4.69) is 20.9 Å². The van der Waals surface area contributed by atoms with Gasteiger partial charge in [-0.15, -0.1) is 11.3 Å². The zero-order valence-corrected chi connectivity index (χ0v) is 11.7. The highest BCUT2D eigenvalue weighted by atomic mass is 79.9. The molecule has 1 aromatic heterocycles. The number of benzene rings is 1. The van der Waals surface area contributed by atoms with E-state index < -0.39 is 0 Å². The Bertz CT molecular complexity index is 527. The molecule has 0 amide bonds. The van der Waals surface area contributed by atoms with Gasteiger partial charge in [0.1, 0.15) is 5.82 Å². The van der Waals surface area contributed by atoms with Gasteiger partial charge in [0.2, 0.25) is 0 Å². The van der Waals surface area contributed by atoms with Crippen LogP contribution in [0, 0.1) is 12.7 Å². The van der Waals surface area contributed by atoms with E-state index in [4.69, 9.17) is 5.73 Å². The van der Waals surface area contributed by atoms with Crippen LogP contribution in [-0.2, 0) is 6.42 Å². The molecule has 2 nitrogen and oxygen atoms in total. The minimum Gasteiger partial charge on any atom is -0.324 e. The number of hydrogen-bond donors (Lipinski definition) is 1. The van der Waals surface area contributed by atoms with E-state index in [0.29, 0.717) is 6.42 Å². The lowest BCUT2D eigenvalue weighted by molar-refractivity contribution is 0.617. The van der Waals surface area contributed by atoms with Crippen molar-refractivity contribution in [2.24, 2.45) is 5.73 Å². The Morgan fingerprint density at radius 1 is 1.53 bits per heavy atom. The number of aryl methyl sites for hydroxylation is 1. The fraction of sp³-hybridized carbons (Fsp3) is 0.250. The van der Waals surface area contributed by atoms with Gasteiger partial charge in [-0.05, 0) is 30.7 Å².